The molecular formula is C24H17N3O2. The number of hydrogen-bond acceptors (Lipinski definition) is 4. The van der Waals surface area contributed by atoms with Gasteiger partial charge in [-0.2, -0.15) is 10.4 Å². The van der Waals surface area contributed by atoms with Crippen molar-refractivity contribution in [3.8, 4) is 23.0 Å². The highest BCUT2D eigenvalue weighted by Crippen LogP contribution is 2.22. The molecule has 0 bridgehead atoms. The Labute approximate surface area is 168 Å². The maximum absolute atomic E-state index is 12.8. The zero-order valence-electron chi connectivity index (χ0n) is 15.5. The van der Waals surface area contributed by atoms with E-state index < -0.39 is 5.97 Å². The Balaban J connectivity index is 1.63. The number of aromatic nitrogens is 2. The molecule has 0 N–H and O–H groups in total. The van der Waals surface area contributed by atoms with Gasteiger partial charge in [0, 0.05) is 5.56 Å². The lowest BCUT2D eigenvalue weighted by molar-refractivity contribution is 0.0462. The van der Waals surface area contributed by atoms with Gasteiger partial charge < -0.3 is 4.74 Å². The Morgan fingerprint density at radius 3 is 2.24 bits per heavy atom. The number of benzene rings is 3. The van der Waals surface area contributed by atoms with Crippen molar-refractivity contribution in [3.05, 3.63) is 108 Å². The number of carbonyl (C=O) groups excluding carboxylic acids is 1. The minimum absolute atomic E-state index is 0.116. The van der Waals surface area contributed by atoms with E-state index >= 15 is 0 Å². The minimum Gasteiger partial charge on any atom is -0.456 e. The number of ether oxygens (including phenoxy) is 1. The van der Waals surface area contributed by atoms with Gasteiger partial charge in [-0.15, -0.1) is 0 Å². The van der Waals surface area contributed by atoms with E-state index in [4.69, 9.17) is 10.00 Å². The van der Waals surface area contributed by atoms with E-state index in [1.807, 2.05) is 60.7 Å². The Hall–Kier alpha value is -4.17. The third kappa shape index (κ3) is 4.07. The predicted molar refractivity (Wildman–Crippen MR) is 109 cm³/mol. The van der Waals surface area contributed by atoms with Gasteiger partial charge >= 0.3 is 5.97 Å². The molecular weight excluding hydrogens is 362 g/mol. The Kier molecular flexibility index (Phi) is 5.17. The second kappa shape index (κ2) is 8.24. The first kappa shape index (κ1) is 18.2. The number of carbonyl (C=O) groups is 1. The summed E-state index contributed by atoms with van der Waals surface area (Å²) < 4.78 is 7.12. The largest absolute Gasteiger partial charge is 0.456 e. The summed E-state index contributed by atoms with van der Waals surface area (Å²) in [6, 6.07) is 29.9. The van der Waals surface area contributed by atoms with Crippen LogP contribution in [0.5, 0.6) is 0 Å². The first-order chi connectivity index (χ1) is 14.2. The molecule has 5 nitrogen and oxygen atoms in total. The van der Waals surface area contributed by atoms with Gasteiger partial charge in [0.1, 0.15) is 6.61 Å². The summed E-state index contributed by atoms with van der Waals surface area (Å²) in [6.07, 6.45) is 0. The average Bonchev–Trinajstić information content (AvgIpc) is 3.25. The van der Waals surface area contributed by atoms with Crippen molar-refractivity contribution >= 4 is 5.97 Å². The Morgan fingerprint density at radius 1 is 0.931 bits per heavy atom. The van der Waals surface area contributed by atoms with E-state index in [1.54, 1.807) is 35.0 Å². The molecule has 0 aliphatic heterocycles. The summed E-state index contributed by atoms with van der Waals surface area (Å²) in [5.74, 6) is -0.465. The van der Waals surface area contributed by atoms with Crippen LogP contribution in [-0.2, 0) is 11.3 Å². The van der Waals surface area contributed by atoms with Crippen LogP contribution in [0.25, 0.3) is 16.9 Å². The quantitative estimate of drug-likeness (QED) is 0.469. The molecule has 1 aromatic heterocycles. The number of para-hydroxylation sites is 1. The topological polar surface area (TPSA) is 67.9 Å². The first-order valence-corrected chi connectivity index (χ1v) is 9.11. The van der Waals surface area contributed by atoms with Gasteiger partial charge in [0.05, 0.1) is 23.0 Å². The molecule has 0 aliphatic rings. The number of rotatable bonds is 5. The van der Waals surface area contributed by atoms with Crippen LogP contribution in [0.3, 0.4) is 0 Å². The molecule has 0 atom stereocenters. The van der Waals surface area contributed by atoms with E-state index in [0.717, 1.165) is 16.8 Å². The molecule has 3 aromatic carbocycles. The molecule has 4 rings (SSSR count). The smallest absolute Gasteiger partial charge is 0.357 e. The molecule has 0 saturated heterocycles. The van der Waals surface area contributed by atoms with E-state index in [0.29, 0.717) is 17.0 Å². The van der Waals surface area contributed by atoms with Crippen LogP contribution < -0.4 is 0 Å². The fraction of sp³-hybridized carbons (Fsp3) is 0.0417. The SMILES string of the molecule is N#Cc1ccc(COC(=O)c2cc(-c3ccccc3)nn2-c2ccccc2)cc1. The maximum Gasteiger partial charge on any atom is 0.357 e. The summed E-state index contributed by atoms with van der Waals surface area (Å²) in [7, 11) is 0. The molecule has 0 saturated carbocycles. The second-order valence-corrected chi connectivity index (χ2v) is 6.41. The van der Waals surface area contributed by atoms with E-state index in [-0.39, 0.29) is 6.61 Å². The lowest BCUT2D eigenvalue weighted by atomic mass is 10.1. The van der Waals surface area contributed by atoms with Crippen LogP contribution in [0, 0.1) is 11.3 Å². The molecule has 1 heterocycles. The van der Waals surface area contributed by atoms with Gasteiger partial charge in [-0.1, -0.05) is 60.7 Å². The number of esters is 1. The molecule has 140 valence electrons. The van der Waals surface area contributed by atoms with E-state index in [2.05, 4.69) is 11.2 Å². The number of nitrogens with zero attached hydrogens (tertiary/aromatic N) is 3. The Bertz CT molecular complexity index is 1160. The van der Waals surface area contributed by atoms with Crippen LogP contribution in [-0.4, -0.2) is 15.7 Å². The third-order valence-corrected chi connectivity index (χ3v) is 4.44. The van der Waals surface area contributed by atoms with Crippen molar-refractivity contribution in [2.24, 2.45) is 0 Å². The highest BCUT2D eigenvalue weighted by Gasteiger charge is 2.19. The number of nitriles is 1. The van der Waals surface area contributed by atoms with Gasteiger partial charge in [0.25, 0.3) is 0 Å². The van der Waals surface area contributed by atoms with Crippen LogP contribution >= 0.6 is 0 Å². The molecule has 4 aromatic rings. The van der Waals surface area contributed by atoms with Crippen LogP contribution in [0.4, 0.5) is 0 Å². The van der Waals surface area contributed by atoms with E-state index in [9.17, 15) is 4.79 Å². The summed E-state index contributed by atoms with van der Waals surface area (Å²) in [5.41, 5.74) is 4.12. The Morgan fingerprint density at radius 2 is 1.59 bits per heavy atom. The molecule has 0 aliphatic carbocycles. The zero-order valence-corrected chi connectivity index (χ0v) is 15.5. The summed E-state index contributed by atoms with van der Waals surface area (Å²) in [4.78, 5) is 12.8. The highest BCUT2D eigenvalue weighted by molar-refractivity contribution is 5.89. The van der Waals surface area contributed by atoms with Gasteiger partial charge in [-0.05, 0) is 35.9 Å². The van der Waals surface area contributed by atoms with Gasteiger partial charge in [0.2, 0.25) is 0 Å². The minimum atomic E-state index is -0.465. The third-order valence-electron chi connectivity index (χ3n) is 4.44. The predicted octanol–water partition coefficient (Wildman–Crippen LogP) is 4.77. The van der Waals surface area contributed by atoms with Crippen molar-refractivity contribution in [3.63, 3.8) is 0 Å². The molecule has 0 amide bonds. The average molecular weight is 379 g/mol. The lowest BCUT2D eigenvalue weighted by Gasteiger charge is -2.08. The van der Waals surface area contributed by atoms with Crippen molar-refractivity contribution in [2.45, 2.75) is 6.61 Å². The molecule has 29 heavy (non-hydrogen) atoms. The highest BCUT2D eigenvalue weighted by atomic mass is 16.5. The zero-order chi connectivity index (χ0) is 20.1. The normalized spacial score (nSPS) is 10.3. The van der Waals surface area contributed by atoms with Crippen LogP contribution in [0.1, 0.15) is 21.6 Å². The summed E-state index contributed by atoms with van der Waals surface area (Å²) >= 11 is 0. The first-order valence-electron chi connectivity index (χ1n) is 9.11. The van der Waals surface area contributed by atoms with Crippen LogP contribution in [0.2, 0.25) is 0 Å². The molecule has 0 radical (unpaired) electrons. The fourth-order valence-corrected chi connectivity index (χ4v) is 2.94. The van der Waals surface area contributed by atoms with Gasteiger partial charge in [-0.3, -0.25) is 0 Å². The van der Waals surface area contributed by atoms with Crippen molar-refractivity contribution in [2.75, 3.05) is 0 Å². The van der Waals surface area contributed by atoms with Gasteiger partial charge in [-0.25, -0.2) is 9.48 Å². The monoisotopic (exact) mass is 379 g/mol. The number of hydrogen-bond donors (Lipinski definition) is 0. The second-order valence-electron chi connectivity index (χ2n) is 6.41. The van der Waals surface area contributed by atoms with Gasteiger partial charge in [0.15, 0.2) is 5.69 Å². The maximum atomic E-state index is 12.8. The fourth-order valence-electron chi connectivity index (χ4n) is 2.94. The van der Waals surface area contributed by atoms with Crippen molar-refractivity contribution < 1.29 is 9.53 Å². The molecule has 0 fully saturated rings. The van der Waals surface area contributed by atoms with Crippen LogP contribution in [0.15, 0.2) is 91.0 Å². The lowest BCUT2D eigenvalue weighted by Crippen LogP contribution is -2.12. The van der Waals surface area contributed by atoms with Crippen molar-refractivity contribution in [1.82, 2.24) is 9.78 Å². The summed E-state index contributed by atoms with van der Waals surface area (Å²) in [6.45, 7) is 0.116. The standard InChI is InChI=1S/C24H17N3O2/c25-16-18-11-13-19(14-12-18)17-29-24(28)23-15-22(20-7-3-1-4-8-20)26-27(23)21-9-5-2-6-10-21/h1-15H,17H2. The molecule has 0 unspecified atom stereocenters. The van der Waals surface area contributed by atoms with Crippen molar-refractivity contribution in [1.29, 1.82) is 5.26 Å². The van der Waals surface area contributed by atoms with E-state index in [1.165, 1.54) is 0 Å². The summed E-state index contributed by atoms with van der Waals surface area (Å²) in [5, 5.41) is 13.5. The molecule has 0 spiro atoms. The molecule has 5 heteroatoms.